The van der Waals surface area contributed by atoms with Crippen LogP contribution in [0.25, 0.3) is 11.3 Å². The third-order valence-electron chi connectivity index (χ3n) is 2.59. The number of halogens is 3. The van der Waals surface area contributed by atoms with Gasteiger partial charge >= 0.3 is 6.18 Å². The number of pyridine rings is 1. The molecule has 0 unspecified atom stereocenters. The molecule has 2 rings (SSSR count). The first-order chi connectivity index (χ1) is 8.39. The van der Waals surface area contributed by atoms with Gasteiger partial charge in [-0.05, 0) is 30.7 Å². The van der Waals surface area contributed by atoms with Gasteiger partial charge < -0.3 is 5.11 Å². The van der Waals surface area contributed by atoms with Crippen LogP contribution in [0.15, 0.2) is 36.5 Å². The molecule has 0 atom stereocenters. The van der Waals surface area contributed by atoms with Crippen molar-refractivity contribution in [2.75, 3.05) is 0 Å². The van der Waals surface area contributed by atoms with E-state index in [1.807, 2.05) is 0 Å². The van der Waals surface area contributed by atoms with E-state index in [4.69, 9.17) is 0 Å². The van der Waals surface area contributed by atoms with Crippen molar-refractivity contribution in [1.29, 1.82) is 0 Å². The summed E-state index contributed by atoms with van der Waals surface area (Å²) in [6.07, 6.45) is -2.96. The van der Waals surface area contributed by atoms with Gasteiger partial charge in [0.25, 0.3) is 0 Å². The molecule has 1 heterocycles. The molecule has 0 amide bonds. The highest BCUT2D eigenvalue weighted by atomic mass is 19.4. The summed E-state index contributed by atoms with van der Waals surface area (Å²) in [6.45, 7) is 1.66. The summed E-state index contributed by atoms with van der Waals surface area (Å²) in [7, 11) is 0. The van der Waals surface area contributed by atoms with E-state index in [1.165, 1.54) is 18.3 Å². The van der Waals surface area contributed by atoms with Gasteiger partial charge in [0.15, 0.2) is 0 Å². The SMILES string of the molecule is Cc1ccnc(-c2cccc(C(F)(F)F)c2)c1O. The number of rotatable bonds is 1. The summed E-state index contributed by atoms with van der Waals surface area (Å²) in [4.78, 5) is 3.92. The molecule has 1 aromatic carbocycles. The predicted molar refractivity (Wildman–Crippen MR) is 61.1 cm³/mol. The topological polar surface area (TPSA) is 33.1 Å². The maximum absolute atomic E-state index is 12.6. The lowest BCUT2D eigenvalue weighted by Gasteiger charge is -2.10. The summed E-state index contributed by atoms with van der Waals surface area (Å²) in [6, 6.07) is 6.32. The molecule has 2 aromatic rings. The minimum absolute atomic E-state index is 0.100. The number of hydrogen-bond acceptors (Lipinski definition) is 2. The van der Waals surface area contributed by atoms with Crippen LogP contribution >= 0.6 is 0 Å². The van der Waals surface area contributed by atoms with Crippen molar-refractivity contribution in [2.45, 2.75) is 13.1 Å². The van der Waals surface area contributed by atoms with Gasteiger partial charge in [-0.15, -0.1) is 0 Å². The largest absolute Gasteiger partial charge is 0.505 e. The van der Waals surface area contributed by atoms with Crippen LogP contribution in [0.2, 0.25) is 0 Å². The highest BCUT2D eigenvalue weighted by Gasteiger charge is 2.30. The van der Waals surface area contributed by atoms with E-state index in [0.717, 1.165) is 12.1 Å². The Kier molecular flexibility index (Phi) is 2.98. The van der Waals surface area contributed by atoms with Gasteiger partial charge in [0.05, 0.1) is 5.56 Å². The Morgan fingerprint density at radius 2 is 1.89 bits per heavy atom. The zero-order valence-corrected chi connectivity index (χ0v) is 9.49. The molecule has 0 aliphatic rings. The Morgan fingerprint density at radius 3 is 2.56 bits per heavy atom. The molecule has 0 radical (unpaired) electrons. The molecule has 2 nitrogen and oxygen atoms in total. The molecule has 0 aliphatic heterocycles. The Balaban J connectivity index is 2.55. The van der Waals surface area contributed by atoms with Crippen molar-refractivity contribution in [1.82, 2.24) is 4.98 Å². The smallest absolute Gasteiger partial charge is 0.416 e. The van der Waals surface area contributed by atoms with Gasteiger partial charge in [-0.2, -0.15) is 13.2 Å². The second-order valence-electron chi connectivity index (χ2n) is 3.90. The molecule has 1 N–H and O–H groups in total. The van der Waals surface area contributed by atoms with Crippen LogP contribution in [0.1, 0.15) is 11.1 Å². The Labute approximate surface area is 102 Å². The molecule has 5 heteroatoms. The number of aromatic hydroxyl groups is 1. The number of alkyl halides is 3. The van der Waals surface area contributed by atoms with Crippen molar-refractivity contribution in [2.24, 2.45) is 0 Å². The molecular weight excluding hydrogens is 243 g/mol. The van der Waals surface area contributed by atoms with Gasteiger partial charge in [-0.3, -0.25) is 4.98 Å². The molecular formula is C13H10F3NO. The van der Waals surface area contributed by atoms with Crippen LogP contribution in [0.4, 0.5) is 13.2 Å². The Hall–Kier alpha value is -2.04. The average Bonchev–Trinajstić information content (AvgIpc) is 2.32. The molecule has 0 saturated carbocycles. The number of benzene rings is 1. The maximum atomic E-state index is 12.6. The highest BCUT2D eigenvalue weighted by Crippen LogP contribution is 2.34. The van der Waals surface area contributed by atoms with Crippen molar-refractivity contribution in [3.63, 3.8) is 0 Å². The number of aryl methyl sites for hydroxylation is 1. The lowest BCUT2D eigenvalue weighted by atomic mass is 10.1. The van der Waals surface area contributed by atoms with E-state index in [9.17, 15) is 18.3 Å². The van der Waals surface area contributed by atoms with Crippen molar-refractivity contribution in [3.8, 4) is 17.0 Å². The predicted octanol–water partition coefficient (Wildman–Crippen LogP) is 3.78. The average molecular weight is 253 g/mol. The first-order valence-corrected chi connectivity index (χ1v) is 5.22. The minimum atomic E-state index is -4.41. The normalized spacial score (nSPS) is 11.6. The molecule has 18 heavy (non-hydrogen) atoms. The zero-order valence-electron chi connectivity index (χ0n) is 9.49. The Bertz CT molecular complexity index is 579. The lowest BCUT2D eigenvalue weighted by Crippen LogP contribution is -2.04. The molecule has 0 spiro atoms. The summed E-state index contributed by atoms with van der Waals surface area (Å²) in [5, 5.41) is 9.80. The van der Waals surface area contributed by atoms with Crippen LogP contribution < -0.4 is 0 Å². The van der Waals surface area contributed by atoms with E-state index >= 15 is 0 Å². The van der Waals surface area contributed by atoms with Gasteiger partial charge in [0.1, 0.15) is 11.4 Å². The molecule has 0 bridgehead atoms. The van der Waals surface area contributed by atoms with Crippen molar-refractivity contribution >= 4 is 0 Å². The van der Waals surface area contributed by atoms with E-state index in [2.05, 4.69) is 4.98 Å². The lowest BCUT2D eigenvalue weighted by molar-refractivity contribution is -0.137. The molecule has 0 fully saturated rings. The number of nitrogens with zero attached hydrogens (tertiary/aromatic N) is 1. The fourth-order valence-electron chi connectivity index (χ4n) is 1.60. The highest BCUT2D eigenvalue weighted by molar-refractivity contribution is 5.68. The van der Waals surface area contributed by atoms with E-state index in [-0.39, 0.29) is 17.0 Å². The Morgan fingerprint density at radius 1 is 1.17 bits per heavy atom. The standard InChI is InChI=1S/C13H10F3NO/c1-8-5-6-17-11(12(8)18)9-3-2-4-10(7-9)13(14,15)16/h2-7,18H,1H3. The maximum Gasteiger partial charge on any atom is 0.416 e. The van der Waals surface area contributed by atoms with Crippen LogP contribution in [0, 0.1) is 6.92 Å². The van der Waals surface area contributed by atoms with E-state index < -0.39 is 11.7 Å². The van der Waals surface area contributed by atoms with Crippen molar-refractivity contribution in [3.05, 3.63) is 47.7 Å². The molecule has 0 saturated heterocycles. The fourth-order valence-corrected chi connectivity index (χ4v) is 1.60. The summed E-state index contributed by atoms with van der Waals surface area (Å²) in [5.41, 5.74) is 0.201. The van der Waals surface area contributed by atoms with Gasteiger partial charge in [0, 0.05) is 11.8 Å². The summed E-state index contributed by atoms with van der Waals surface area (Å²) >= 11 is 0. The second kappa shape index (κ2) is 4.33. The van der Waals surface area contributed by atoms with Crippen LogP contribution in [-0.4, -0.2) is 10.1 Å². The minimum Gasteiger partial charge on any atom is -0.505 e. The van der Waals surface area contributed by atoms with E-state index in [0.29, 0.717) is 5.56 Å². The van der Waals surface area contributed by atoms with Gasteiger partial charge in [0.2, 0.25) is 0 Å². The number of aromatic nitrogens is 1. The van der Waals surface area contributed by atoms with E-state index in [1.54, 1.807) is 13.0 Å². The van der Waals surface area contributed by atoms with Crippen molar-refractivity contribution < 1.29 is 18.3 Å². The first-order valence-electron chi connectivity index (χ1n) is 5.22. The molecule has 94 valence electrons. The van der Waals surface area contributed by atoms with Crippen LogP contribution in [0.5, 0.6) is 5.75 Å². The number of hydrogen-bond donors (Lipinski definition) is 1. The third kappa shape index (κ3) is 2.30. The zero-order chi connectivity index (χ0) is 13.3. The third-order valence-corrected chi connectivity index (χ3v) is 2.59. The second-order valence-corrected chi connectivity index (χ2v) is 3.90. The van der Waals surface area contributed by atoms with Gasteiger partial charge in [-0.25, -0.2) is 0 Å². The summed E-state index contributed by atoms with van der Waals surface area (Å²) < 4.78 is 37.7. The van der Waals surface area contributed by atoms with Gasteiger partial charge in [-0.1, -0.05) is 12.1 Å². The molecule has 0 aliphatic carbocycles. The fraction of sp³-hybridized carbons (Fsp3) is 0.154. The van der Waals surface area contributed by atoms with Crippen LogP contribution in [-0.2, 0) is 6.18 Å². The monoisotopic (exact) mass is 253 g/mol. The quantitative estimate of drug-likeness (QED) is 0.838. The molecule has 1 aromatic heterocycles. The first kappa shape index (κ1) is 12.4. The van der Waals surface area contributed by atoms with Crippen LogP contribution in [0.3, 0.4) is 0 Å². The summed E-state index contributed by atoms with van der Waals surface area (Å²) in [5.74, 6) is -0.100.